The van der Waals surface area contributed by atoms with Gasteiger partial charge in [-0.15, -0.1) is 24.8 Å². The van der Waals surface area contributed by atoms with Crippen LogP contribution in [0.15, 0.2) is 24.3 Å². The van der Waals surface area contributed by atoms with Gasteiger partial charge in [-0.1, -0.05) is 29.8 Å². The lowest BCUT2D eigenvalue weighted by molar-refractivity contribution is -0.119. The first-order valence-electron chi connectivity index (χ1n) is 5.26. The third kappa shape index (κ3) is 3.87. The molecule has 1 aliphatic heterocycles. The molecule has 3 N–H and O–H groups in total. The molecule has 0 aliphatic carbocycles. The fourth-order valence-electron chi connectivity index (χ4n) is 2.05. The fraction of sp³-hybridized carbons (Fsp3) is 0.417. The quantitative estimate of drug-likeness (QED) is 0.865. The fourth-order valence-corrected chi connectivity index (χ4v) is 2.05. The first kappa shape index (κ1) is 16.2. The number of primary amides is 1. The Kier molecular flexibility index (Phi) is 6.53. The van der Waals surface area contributed by atoms with Crippen LogP contribution in [0.25, 0.3) is 0 Å². The van der Waals surface area contributed by atoms with E-state index < -0.39 is 0 Å². The lowest BCUT2D eigenvalue weighted by atomic mass is 9.95. The molecule has 0 saturated carbocycles. The number of aryl methyl sites for hydroxylation is 1. The smallest absolute Gasteiger partial charge is 0.234 e. The molecular formula is C12H18Cl2N2O. The minimum Gasteiger partial charge on any atom is -0.368 e. The molecule has 0 radical (unpaired) electrons. The highest BCUT2D eigenvalue weighted by Crippen LogP contribution is 2.25. The van der Waals surface area contributed by atoms with E-state index >= 15 is 0 Å². The van der Waals surface area contributed by atoms with Crippen LogP contribution in [0.1, 0.15) is 23.5 Å². The van der Waals surface area contributed by atoms with Gasteiger partial charge in [-0.05, 0) is 24.8 Å². The van der Waals surface area contributed by atoms with Gasteiger partial charge in [-0.3, -0.25) is 4.79 Å². The van der Waals surface area contributed by atoms with E-state index in [4.69, 9.17) is 5.73 Å². The first-order chi connectivity index (χ1) is 7.16. The van der Waals surface area contributed by atoms with E-state index in [1.807, 2.05) is 0 Å². The maximum atomic E-state index is 11.0. The molecule has 5 heteroatoms. The largest absolute Gasteiger partial charge is 0.368 e. The van der Waals surface area contributed by atoms with Crippen LogP contribution in [0.4, 0.5) is 0 Å². The highest BCUT2D eigenvalue weighted by Gasteiger charge is 2.28. The predicted octanol–water partition coefficient (Wildman–Crippen LogP) is 1.77. The number of hydrogen-bond acceptors (Lipinski definition) is 2. The Morgan fingerprint density at radius 2 is 1.88 bits per heavy atom. The second-order valence-corrected chi connectivity index (χ2v) is 4.21. The molecule has 1 amide bonds. The van der Waals surface area contributed by atoms with Gasteiger partial charge in [0.2, 0.25) is 5.91 Å². The molecule has 3 nitrogen and oxygen atoms in total. The summed E-state index contributed by atoms with van der Waals surface area (Å²) in [6, 6.07) is 8.31. The van der Waals surface area contributed by atoms with E-state index in [1.165, 1.54) is 11.1 Å². The summed E-state index contributed by atoms with van der Waals surface area (Å²) in [6.45, 7) is 2.92. The zero-order valence-electron chi connectivity index (χ0n) is 9.68. The summed E-state index contributed by atoms with van der Waals surface area (Å²) in [5, 5.41) is 3.14. The summed E-state index contributed by atoms with van der Waals surface area (Å²) in [7, 11) is 0. The number of amides is 1. The van der Waals surface area contributed by atoms with Crippen molar-refractivity contribution in [3.8, 4) is 0 Å². The summed E-state index contributed by atoms with van der Waals surface area (Å²) in [6.07, 6.45) is 0.818. The van der Waals surface area contributed by atoms with E-state index in [9.17, 15) is 4.79 Å². The summed E-state index contributed by atoms with van der Waals surface area (Å²) >= 11 is 0. The highest BCUT2D eigenvalue weighted by atomic mass is 35.5. The number of rotatable bonds is 2. The second-order valence-electron chi connectivity index (χ2n) is 4.21. The Balaban J connectivity index is 0.00000128. The lowest BCUT2D eigenvalue weighted by Crippen LogP contribution is -2.36. The van der Waals surface area contributed by atoms with E-state index in [0.717, 1.165) is 13.0 Å². The molecule has 2 atom stereocenters. The number of halogens is 2. The number of nitrogens with one attached hydrogen (secondary N) is 1. The van der Waals surface area contributed by atoms with Crippen molar-refractivity contribution in [1.82, 2.24) is 5.32 Å². The zero-order valence-corrected chi connectivity index (χ0v) is 11.3. The van der Waals surface area contributed by atoms with Crippen LogP contribution < -0.4 is 11.1 Å². The SMILES string of the molecule is Cc1ccc(C2CNC(C(N)=O)C2)cc1.Cl.Cl. The van der Waals surface area contributed by atoms with Crippen molar-refractivity contribution in [3.63, 3.8) is 0 Å². The normalized spacial score (nSPS) is 22.4. The Bertz CT molecular complexity index is 367. The average Bonchev–Trinajstić information content (AvgIpc) is 2.68. The van der Waals surface area contributed by atoms with Crippen LogP contribution in [-0.4, -0.2) is 18.5 Å². The lowest BCUT2D eigenvalue weighted by Gasteiger charge is -2.08. The van der Waals surface area contributed by atoms with Gasteiger partial charge in [-0.25, -0.2) is 0 Å². The topological polar surface area (TPSA) is 55.1 Å². The zero-order chi connectivity index (χ0) is 10.8. The van der Waals surface area contributed by atoms with Crippen molar-refractivity contribution >= 4 is 30.7 Å². The molecule has 1 saturated heterocycles. The summed E-state index contributed by atoms with van der Waals surface area (Å²) in [5.74, 6) is 0.174. The predicted molar refractivity (Wildman–Crippen MR) is 74.0 cm³/mol. The number of carbonyl (C=O) groups excluding carboxylic acids is 1. The van der Waals surface area contributed by atoms with E-state index in [0.29, 0.717) is 5.92 Å². The van der Waals surface area contributed by atoms with Gasteiger partial charge in [0, 0.05) is 6.54 Å². The van der Waals surface area contributed by atoms with E-state index in [2.05, 4.69) is 36.5 Å². The Morgan fingerprint density at radius 1 is 1.29 bits per heavy atom. The molecule has 1 aliphatic rings. The van der Waals surface area contributed by atoms with Crippen molar-refractivity contribution in [2.24, 2.45) is 5.73 Å². The van der Waals surface area contributed by atoms with Crippen LogP contribution in [0.2, 0.25) is 0 Å². The van der Waals surface area contributed by atoms with Crippen molar-refractivity contribution in [1.29, 1.82) is 0 Å². The van der Waals surface area contributed by atoms with Gasteiger partial charge in [0.05, 0.1) is 6.04 Å². The number of hydrogen-bond donors (Lipinski definition) is 2. The maximum absolute atomic E-state index is 11.0. The average molecular weight is 277 g/mol. The number of carbonyl (C=O) groups is 1. The van der Waals surface area contributed by atoms with E-state index in [-0.39, 0.29) is 36.8 Å². The number of nitrogens with two attached hydrogens (primary N) is 1. The molecular weight excluding hydrogens is 259 g/mol. The third-order valence-electron chi connectivity index (χ3n) is 3.02. The summed E-state index contributed by atoms with van der Waals surface area (Å²) < 4.78 is 0. The first-order valence-corrected chi connectivity index (χ1v) is 5.26. The molecule has 1 fully saturated rings. The van der Waals surface area contributed by atoms with Crippen molar-refractivity contribution < 1.29 is 4.79 Å². The molecule has 2 unspecified atom stereocenters. The molecule has 1 heterocycles. The summed E-state index contributed by atoms with van der Waals surface area (Å²) in [4.78, 5) is 11.0. The molecule has 1 aromatic rings. The molecule has 0 spiro atoms. The Labute approximate surface area is 114 Å². The minimum absolute atomic E-state index is 0. The van der Waals surface area contributed by atoms with Crippen LogP contribution in [0, 0.1) is 6.92 Å². The standard InChI is InChI=1S/C12H16N2O.2ClH/c1-8-2-4-9(5-3-8)10-6-11(12(13)15)14-7-10;;/h2-5,10-11,14H,6-7H2,1H3,(H2,13,15);2*1H. The molecule has 0 aromatic heterocycles. The van der Waals surface area contributed by atoms with Gasteiger partial charge < -0.3 is 11.1 Å². The molecule has 0 bridgehead atoms. The van der Waals surface area contributed by atoms with Gasteiger partial charge >= 0.3 is 0 Å². The van der Waals surface area contributed by atoms with Crippen molar-refractivity contribution in [2.75, 3.05) is 6.54 Å². The van der Waals surface area contributed by atoms with Gasteiger partial charge in [0.25, 0.3) is 0 Å². The summed E-state index contributed by atoms with van der Waals surface area (Å²) in [5.41, 5.74) is 7.81. The monoisotopic (exact) mass is 276 g/mol. The van der Waals surface area contributed by atoms with Crippen molar-refractivity contribution in [2.45, 2.75) is 25.3 Å². The van der Waals surface area contributed by atoms with Gasteiger partial charge in [0.15, 0.2) is 0 Å². The minimum atomic E-state index is -0.246. The highest BCUT2D eigenvalue weighted by molar-refractivity contribution is 5.85. The molecule has 2 rings (SSSR count). The third-order valence-corrected chi connectivity index (χ3v) is 3.02. The van der Waals surface area contributed by atoms with Gasteiger partial charge in [0.1, 0.15) is 0 Å². The maximum Gasteiger partial charge on any atom is 0.234 e. The van der Waals surface area contributed by atoms with Gasteiger partial charge in [-0.2, -0.15) is 0 Å². The van der Waals surface area contributed by atoms with Crippen LogP contribution >= 0.6 is 24.8 Å². The Hall–Kier alpha value is -0.770. The molecule has 1 aromatic carbocycles. The molecule has 17 heavy (non-hydrogen) atoms. The van der Waals surface area contributed by atoms with Crippen LogP contribution in [-0.2, 0) is 4.79 Å². The Morgan fingerprint density at radius 3 is 2.35 bits per heavy atom. The second kappa shape index (κ2) is 6.84. The van der Waals surface area contributed by atoms with E-state index in [1.54, 1.807) is 0 Å². The van der Waals surface area contributed by atoms with Crippen LogP contribution in [0.5, 0.6) is 0 Å². The van der Waals surface area contributed by atoms with Crippen molar-refractivity contribution in [3.05, 3.63) is 35.4 Å². The van der Waals surface area contributed by atoms with Crippen LogP contribution in [0.3, 0.4) is 0 Å². The number of benzene rings is 1. The molecule has 96 valence electrons.